The molecular weight excluding hydrogens is 395 g/mol. The molecule has 6 nitrogen and oxygen atoms in total. The molecule has 0 heterocycles. The van der Waals surface area contributed by atoms with Crippen LogP contribution in [0.1, 0.15) is 37.4 Å². The van der Waals surface area contributed by atoms with Crippen molar-refractivity contribution in [2.24, 2.45) is 0 Å². The van der Waals surface area contributed by atoms with E-state index >= 15 is 0 Å². The quantitative estimate of drug-likeness (QED) is 0.706. The standard InChI is InChI=1S/C21H27FN2O4S/c1-6-19(16-7-12-20(28-4)14(2)13-16)23-21(25)15(3)24(29(5,26)27)18-10-8-17(22)9-11-18/h7-13,15,19H,6H2,1-5H3,(H,23,25)/t15-,19+/m1/s1. The van der Waals surface area contributed by atoms with Crippen molar-refractivity contribution < 1.29 is 22.3 Å². The molecule has 0 saturated carbocycles. The summed E-state index contributed by atoms with van der Waals surface area (Å²) < 4.78 is 44.2. The van der Waals surface area contributed by atoms with Crippen molar-refractivity contribution in [2.45, 2.75) is 39.3 Å². The number of rotatable bonds is 8. The fraction of sp³-hybridized carbons (Fsp3) is 0.381. The molecule has 2 rings (SSSR count). The van der Waals surface area contributed by atoms with Crippen molar-refractivity contribution >= 4 is 21.6 Å². The van der Waals surface area contributed by atoms with Crippen LogP contribution in [0.3, 0.4) is 0 Å². The molecule has 0 fully saturated rings. The summed E-state index contributed by atoms with van der Waals surface area (Å²) in [5.41, 5.74) is 2.07. The zero-order chi connectivity index (χ0) is 21.8. The first-order valence-corrected chi connectivity index (χ1v) is 11.1. The third-order valence-corrected chi connectivity index (χ3v) is 5.96. The van der Waals surface area contributed by atoms with Crippen LogP contribution in [0.25, 0.3) is 0 Å². The van der Waals surface area contributed by atoms with E-state index < -0.39 is 27.8 Å². The van der Waals surface area contributed by atoms with Gasteiger partial charge in [0.25, 0.3) is 0 Å². The molecule has 0 aliphatic carbocycles. The van der Waals surface area contributed by atoms with Gasteiger partial charge in [0.1, 0.15) is 17.6 Å². The summed E-state index contributed by atoms with van der Waals surface area (Å²) in [6.07, 6.45) is 1.64. The van der Waals surface area contributed by atoms with E-state index in [0.29, 0.717) is 6.42 Å². The first-order chi connectivity index (χ1) is 13.6. The third-order valence-electron chi connectivity index (χ3n) is 4.72. The topological polar surface area (TPSA) is 75.7 Å². The van der Waals surface area contributed by atoms with E-state index in [1.165, 1.54) is 19.1 Å². The van der Waals surface area contributed by atoms with E-state index in [1.807, 2.05) is 32.0 Å². The van der Waals surface area contributed by atoms with Gasteiger partial charge in [-0.05, 0) is 61.7 Å². The second kappa shape index (κ2) is 9.26. The molecule has 0 aliphatic heterocycles. The molecule has 0 unspecified atom stereocenters. The van der Waals surface area contributed by atoms with E-state index in [4.69, 9.17) is 4.74 Å². The SMILES string of the molecule is CC[C@H](NC(=O)[C@@H](C)N(c1ccc(F)cc1)S(C)(=O)=O)c1ccc(OC)c(C)c1. The Balaban J connectivity index is 2.28. The zero-order valence-electron chi connectivity index (χ0n) is 17.3. The van der Waals surface area contributed by atoms with Gasteiger partial charge < -0.3 is 10.1 Å². The van der Waals surface area contributed by atoms with Crippen LogP contribution in [0.5, 0.6) is 5.75 Å². The van der Waals surface area contributed by atoms with Gasteiger partial charge in [-0.3, -0.25) is 9.10 Å². The second-order valence-corrected chi connectivity index (χ2v) is 8.77. The number of aryl methyl sites for hydroxylation is 1. The average molecular weight is 423 g/mol. The molecule has 1 N–H and O–H groups in total. The summed E-state index contributed by atoms with van der Waals surface area (Å²) in [4.78, 5) is 12.9. The van der Waals surface area contributed by atoms with E-state index in [2.05, 4.69) is 5.32 Å². The number of benzene rings is 2. The highest BCUT2D eigenvalue weighted by Gasteiger charge is 2.30. The van der Waals surface area contributed by atoms with E-state index in [9.17, 15) is 17.6 Å². The summed E-state index contributed by atoms with van der Waals surface area (Å²) in [5.74, 6) is -0.178. The molecule has 0 radical (unpaired) electrons. The number of anilines is 1. The van der Waals surface area contributed by atoms with Crippen LogP contribution in [-0.4, -0.2) is 33.7 Å². The van der Waals surface area contributed by atoms with Crippen LogP contribution in [0.2, 0.25) is 0 Å². The van der Waals surface area contributed by atoms with Crippen LogP contribution in [0, 0.1) is 12.7 Å². The minimum Gasteiger partial charge on any atom is -0.496 e. The van der Waals surface area contributed by atoms with Gasteiger partial charge in [0, 0.05) is 0 Å². The monoisotopic (exact) mass is 422 g/mol. The highest BCUT2D eigenvalue weighted by Crippen LogP contribution is 2.25. The van der Waals surface area contributed by atoms with Crippen LogP contribution < -0.4 is 14.4 Å². The van der Waals surface area contributed by atoms with Crippen molar-refractivity contribution in [3.63, 3.8) is 0 Å². The highest BCUT2D eigenvalue weighted by atomic mass is 32.2. The smallest absolute Gasteiger partial charge is 0.244 e. The molecule has 2 aromatic carbocycles. The number of nitrogens with zero attached hydrogens (tertiary/aromatic N) is 1. The molecule has 0 bridgehead atoms. The van der Waals surface area contributed by atoms with Crippen molar-refractivity contribution in [3.05, 3.63) is 59.4 Å². The number of nitrogens with one attached hydrogen (secondary N) is 1. The number of carbonyl (C=O) groups excluding carboxylic acids is 1. The Morgan fingerprint density at radius 3 is 2.31 bits per heavy atom. The molecule has 1 amide bonds. The number of halogens is 1. The van der Waals surface area contributed by atoms with Gasteiger partial charge in [-0.15, -0.1) is 0 Å². The number of hydrogen-bond donors (Lipinski definition) is 1. The highest BCUT2D eigenvalue weighted by molar-refractivity contribution is 7.92. The summed E-state index contributed by atoms with van der Waals surface area (Å²) in [5, 5.41) is 2.92. The Labute approximate surface area is 171 Å². The summed E-state index contributed by atoms with van der Waals surface area (Å²) in [6, 6.07) is 9.35. The van der Waals surface area contributed by atoms with Gasteiger partial charge in [0.15, 0.2) is 0 Å². The summed E-state index contributed by atoms with van der Waals surface area (Å²) in [7, 11) is -2.17. The Kier molecular flexibility index (Phi) is 7.24. The number of amides is 1. The number of sulfonamides is 1. The molecule has 0 aromatic heterocycles. The second-order valence-electron chi connectivity index (χ2n) is 6.91. The molecule has 158 valence electrons. The van der Waals surface area contributed by atoms with Crippen LogP contribution in [0.15, 0.2) is 42.5 Å². The molecule has 29 heavy (non-hydrogen) atoms. The summed E-state index contributed by atoms with van der Waals surface area (Å²) >= 11 is 0. The van der Waals surface area contributed by atoms with E-state index in [1.54, 1.807) is 7.11 Å². The largest absolute Gasteiger partial charge is 0.496 e. The molecule has 2 atom stereocenters. The maximum Gasteiger partial charge on any atom is 0.244 e. The van der Waals surface area contributed by atoms with Crippen molar-refractivity contribution in [3.8, 4) is 5.75 Å². The van der Waals surface area contributed by atoms with Gasteiger partial charge in [-0.1, -0.05) is 19.1 Å². The lowest BCUT2D eigenvalue weighted by Crippen LogP contribution is -2.48. The minimum absolute atomic E-state index is 0.227. The normalized spacial score (nSPS) is 13.4. The lowest BCUT2D eigenvalue weighted by molar-refractivity contribution is -0.122. The van der Waals surface area contributed by atoms with Gasteiger partial charge in [-0.2, -0.15) is 0 Å². The Hall–Kier alpha value is -2.61. The number of ether oxygens (including phenoxy) is 1. The maximum atomic E-state index is 13.2. The molecule has 2 aromatic rings. The number of hydrogen-bond acceptors (Lipinski definition) is 4. The van der Waals surface area contributed by atoms with Gasteiger partial charge in [0.2, 0.25) is 15.9 Å². The van der Waals surface area contributed by atoms with Crippen LogP contribution in [0.4, 0.5) is 10.1 Å². The first-order valence-electron chi connectivity index (χ1n) is 9.28. The predicted molar refractivity (Wildman–Crippen MR) is 112 cm³/mol. The minimum atomic E-state index is -3.76. The molecule has 8 heteroatoms. The zero-order valence-corrected chi connectivity index (χ0v) is 18.1. The van der Waals surface area contributed by atoms with Crippen LogP contribution >= 0.6 is 0 Å². The number of carbonyl (C=O) groups is 1. The van der Waals surface area contributed by atoms with Crippen molar-refractivity contribution in [1.29, 1.82) is 0 Å². The van der Waals surface area contributed by atoms with Gasteiger partial charge in [0.05, 0.1) is 25.1 Å². The van der Waals surface area contributed by atoms with Crippen molar-refractivity contribution in [2.75, 3.05) is 17.7 Å². The Morgan fingerprint density at radius 2 is 1.83 bits per heavy atom. The lowest BCUT2D eigenvalue weighted by atomic mass is 10.0. The average Bonchev–Trinajstić information content (AvgIpc) is 2.66. The third kappa shape index (κ3) is 5.47. The van der Waals surface area contributed by atoms with Gasteiger partial charge >= 0.3 is 0 Å². The molecule has 0 saturated heterocycles. The predicted octanol–water partition coefficient (Wildman–Crippen LogP) is 3.56. The Bertz CT molecular complexity index is 961. The molecule has 0 spiro atoms. The maximum absolute atomic E-state index is 13.2. The van der Waals surface area contributed by atoms with Crippen molar-refractivity contribution in [1.82, 2.24) is 5.32 Å². The summed E-state index contributed by atoms with van der Waals surface area (Å²) in [6.45, 7) is 5.36. The molecular formula is C21H27FN2O4S. The fourth-order valence-electron chi connectivity index (χ4n) is 3.23. The van der Waals surface area contributed by atoms with Gasteiger partial charge in [-0.25, -0.2) is 12.8 Å². The fourth-order valence-corrected chi connectivity index (χ4v) is 4.40. The molecule has 0 aliphatic rings. The van der Waals surface area contributed by atoms with Crippen LogP contribution in [-0.2, 0) is 14.8 Å². The van der Waals surface area contributed by atoms with E-state index in [0.717, 1.165) is 39.6 Å². The number of methoxy groups -OCH3 is 1. The van der Waals surface area contributed by atoms with E-state index in [-0.39, 0.29) is 11.7 Å². The first kappa shape index (κ1) is 22.7. The lowest BCUT2D eigenvalue weighted by Gasteiger charge is -2.30. The Morgan fingerprint density at radius 1 is 1.21 bits per heavy atom.